The molecule has 0 aliphatic heterocycles. The Morgan fingerprint density at radius 1 is 0.535 bits per heavy atom. The summed E-state index contributed by atoms with van der Waals surface area (Å²) in [5.74, 6) is -0.796. The molecule has 1 atom stereocenters. The molecule has 4 nitrogen and oxygen atoms in total. The fourth-order valence-electron chi connectivity index (χ4n) is 5.30. The quantitative estimate of drug-likeness (QED) is 0.0461. The highest BCUT2D eigenvalue weighted by Crippen LogP contribution is 2.15. The molecular formula is C39H70O4. The first-order valence-electron chi connectivity index (χ1n) is 18.5. The van der Waals surface area contributed by atoms with Crippen molar-refractivity contribution in [3.05, 3.63) is 36.5 Å². The highest BCUT2D eigenvalue weighted by molar-refractivity contribution is 5.69. The number of rotatable bonds is 33. The van der Waals surface area contributed by atoms with E-state index in [1.807, 2.05) is 0 Å². The van der Waals surface area contributed by atoms with Crippen LogP contribution in [0.3, 0.4) is 0 Å². The molecule has 250 valence electrons. The van der Waals surface area contributed by atoms with Crippen LogP contribution in [0, 0.1) is 0 Å². The van der Waals surface area contributed by atoms with Crippen LogP contribution in [0.25, 0.3) is 0 Å². The minimum Gasteiger partial charge on any atom is -0.481 e. The lowest BCUT2D eigenvalue weighted by Crippen LogP contribution is -2.16. The summed E-state index contributed by atoms with van der Waals surface area (Å²) in [4.78, 5) is 23.1. The van der Waals surface area contributed by atoms with Gasteiger partial charge in [0.25, 0.3) is 0 Å². The fraction of sp³-hybridized carbons (Fsp3) is 0.795. The van der Waals surface area contributed by atoms with Crippen LogP contribution in [0.2, 0.25) is 0 Å². The molecule has 0 amide bonds. The first-order valence-corrected chi connectivity index (χ1v) is 18.5. The van der Waals surface area contributed by atoms with Gasteiger partial charge in [-0.2, -0.15) is 0 Å². The first-order chi connectivity index (χ1) is 21.1. The number of carbonyl (C=O) groups excluding carboxylic acids is 1. The number of ether oxygens (including phenoxy) is 1. The molecule has 0 aromatic heterocycles. The van der Waals surface area contributed by atoms with Crippen LogP contribution in [0.4, 0.5) is 0 Å². The normalized spacial score (nSPS) is 12.6. The van der Waals surface area contributed by atoms with Crippen molar-refractivity contribution in [2.75, 3.05) is 0 Å². The van der Waals surface area contributed by atoms with Gasteiger partial charge in [0.1, 0.15) is 6.10 Å². The van der Waals surface area contributed by atoms with Crippen molar-refractivity contribution >= 4 is 11.9 Å². The number of hydrogen-bond donors (Lipinski definition) is 1. The second-order valence-electron chi connectivity index (χ2n) is 12.4. The highest BCUT2D eigenvalue weighted by Gasteiger charge is 2.11. The third-order valence-corrected chi connectivity index (χ3v) is 8.07. The highest BCUT2D eigenvalue weighted by atomic mass is 16.5. The van der Waals surface area contributed by atoms with Crippen LogP contribution in [0.5, 0.6) is 0 Å². The van der Waals surface area contributed by atoms with E-state index in [4.69, 9.17) is 9.84 Å². The molecule has 0 aliphatic carbocycles. The van der Waals surface area contributed by atoms with Crippen molar-refractivity contribution in [2.24, 2.45) is 0 Å². The van der Waals surface area contributed by atoms with E-state index in [2.05, 4.69) is 50.3 Å². The predicted octanol–water partition coefficient (Wildman–Crippen LogP) is 12.6. The van der Waals surface area contributed by atoms with E-state index >= 15 is 0 Å². The number of carboxylic acids is 1. The Hall–Kier alpha value is -1.84. The maximum atomic E-state index is 12.5. The molecule has 0 spiro atoms. The lowest BCUT2D eigenvalue weighted by atomic mass is 10.1. The van der Waals surface area contributed by atoms with E-state index in [9.17, 15) is 9.59 Å². The summed E-state index contributed by atoms with van der Waals surface area (Å²) in [7, 11) is 0. The Kier molecular flexibility index (Phi) is 33.2. The summed E-state index contributed by atoms with van der Waals surface area (Å²) in [5.41, 5.74) is 0. The summed E-state index contributed by atoms with van der Waals surface area (Å²) in [6.07, 6.45) is 44.8. The summed E-state index contributed by atoms with van der Waals surface area (Å²) in [6.45, 7) is 4.47. The zero-order valence-electron chi connectivity index (χ0n) is 28.5. The third kappa shape index (κ3) is 34.5. The standard InChI is InChI=1S/C39H70O4/c1-3-5-7-9-10-11-12-13-14-15-16-17-18-19-20-21-22-23-24-26-32-36-39(42)43-37(33-29-25-8-6-4-2)34-30-27-28-31-35-38(40)41/h12-13,15-16,29,33,37H,3-11,14,17-28,30-32,34-36H2,1-2H3,(H,40,41)/b13-12-,16-15-,33-29-. The third-order valence-electron chi connectivity index (χ3n) is 8.07. The van der Waals surface area contributed by atoms with Crippen LogP contribution in [-0.4, -0.2) is 23.1 Å². The van der Waals surface area contributed by atoms with E-state index < -0.39 is 5.97 Å². The number of hydrogen-bond acceptors (Lipinski definition) is 3. The summed E-state index contributed by atoms with van der Waals surface area (Å²) < 4.78 is 5.82. The van der Waals surface area contributed by atoms with Gasteiger partial charge < -0.3 is 9.84 Å². The Labute approximate surface area is 267 Å². The maximum Gasteiger partial charge on any atom is 0.306 e. The molecule has 0 saturated heterocycles. The molecule has 0 fully saturated rings. The average molecular weight is 603 g/mol. The molecule has 4 heteroatoms. The SMILES string of the molecule is CCCCC/C=C\C(CCCCCCC(=O)O)OC(=O)CCCCCCCCCCC/C=C\C/C=C\CCCCCCC. The number of aliphatic carboxylic acids is 1. The van der Waals surface area contributed by atoms with Gasteiger partial charge in [0.15, 0.2) is 0 Å². The molecule has 0 aromatic carbocycles. The Balaban J connectivity index is 3.77. The largest absolute Gasteiger partial charge is 0.481 e. The average Bonchev–Trinajstić information content (AvgIpc) is 2.99. The van der Waals surface area contributed by atoms with Gasteiger partial charge in [0, 0.05) is 12.8 Å². The Morgan fingerprint density at radius 2 is 0.977 bits per heavy atom. The van der Waals surface area contributed by atoms with Crippen LogP contribution >= 0.6 is 0 Å². The minimum absolute atomic E-state index is 0.0723. The zero-order valence-corrected chi connectivity index (χ0v) is 28.5. The van der Waals surface area contributed by atoms with E-state index in [0.29, 0.717) is 6.42 Å². The van der Waals surface area contributed by atoms with Gasteiger partial charge in [0.2, 0.25) is 0 Å². The molecule has 0 saturated carbocycles. The number of allylic oxidation sites excluding steroid dienone is 5. The van der Waals surface area contributed by atoms with E-state index in [-0.39, 0.29) is 18.5 Å². The van der Waals surface area contributed by atoms with Gasteiger partial charge >= 0.3 is 11.9 Å². The van der Waals surface area contributed by atoms with Gasteiger partial charge in [-0.15, -0.1) is 0 Å². The van der Waals surface area contributed by atoms with Crippen molar-refractivity contribution < 1.29 is 19.4 Å². The van der Waals surface area contributed by atoms with Crippen LogP contribution < -0.4 is 0 Å². The second kappa shape index (κ2) is 34.6. The van der Waals surface area contributed by atoms with Crippen molar-refractivity contribution in [1.29, 1.82) is 0 Å². The minimum atomic E-state index is -0.724. The van der Waals surface area contributed by atoms with E-state index in [1.165, 1.54) is 109 Å². The molecule has 0 heterocycles. The van der Waals surface area contributed by atoms with E-state index in [0.717, 1.165) is 57.8 Å². The fourth-order valence-corrected chi connectivity index (χ4v) is 5.30. The number of unbranched alkanes of at least 4 members (excludes halogenated alkanes) is 20. The first kappa shape index (κ1) is 41.2. The predicted molar refractivity (Wildman–Crippen MR) is 186 cm³/mol. The lowest BCUT2D eigenvalue weighted by molar-refractivity contribution is -0.147. The van der Waals surface area contributed by atoms with Gasteiger partial charge in [-0.3, -0.25) is 9.59 Å². The van der Waals surface area contributed by atoms with Crippen molar-refractivity contribution in [3.63, 3.8) is 0 Å². The second-order valence-corrected chi connectivity index (χ2v) is 12.4. The molecule has 0 radical (unpaired) electrons. The summed E-state index contributed by atoms with van der Waals surface area (Å²) in [6, 6.07) is 0. The lowest BCUT2D eigenvalue weighted by Gasteiger charge is -2.15. The molecule has 0 aromatic rings. The van der Waals surface area contributed by atoms with Gasteiger partial charge in [-0.05, 0) is 76.7 Å². The van der Waals surface area contributed by atoms with Crippen molar-refractivity contribution in [1.82, 2.24) is 0 Å². The molecule has 43 heavy (non-hydrogen) atoms. The zero-order chi connectivity index (χ0) is 31.5. The number of carbonyl (C=O) groups is 2. The number of esters is 1. The van der Waals surface area contributed by atoms with Crippen LogP contribution in [0.1, 0.15) is 194 Å². The molecule has 1 unspecified atom stereocenters. The molecule has 0 rings (SSSR count). The molecular weight excluding hydrogens is 532 g/mol. The van der Waals surface area contributed by atoms with Gasteiger partial charge in [-0.25, -0.2) is 0 Å². The van der Waals surface area contributed by atoms with Crippen LogP contribution in [0.15, 0.2) is 36.5 Å². The molecule has 1 N–H and O–H groups in total. The van der Waals surface area contributed by atoms with Crippen molar-refractivity contribution in [3.8, 4) is 0 Å². The van der Waals surface area contributed by atoms with E-state index in [1.54, 1.807) is 0 Å². The van der Waals surface area contributed by atoms with Crippen LogP contribution in [-0.2, 0) is 14.3 Å². The maximum absolute atomic E-state index is 12.5. The van der Waals surface area contributed by atoms with Gasteiger partial charge in [0.05, 0.1) is 0 Å². The summed E-state index contributed by atoms with van der Waals surface area (Å²) in [5, 5.41) is 8.78. The molecule has 0 aliphatic rings. The monoisotopic (exact) mass is 603 g/mol. The molecule has 0 bridgehead atoms. The number of carboxylic acid groups (broad SMARTS) is 1. The topological polar surface area (TPSA) is 63.6 Å². The Bertz CT molecular complexity index is 693. The summed E-state index contributed by atoms with van der Waals surface area (Å²) >= 11 is 0. The Morgan fingerprint density at radius 3 is 1.56 bits per heavy atom. The smallest absolute Gasteiger partial charge is 0.306 e. The van der Waals surface area contributed by atoms with Crippen molar-refractivity contribution in [2.45, 2.75) is 200 Å². The van der Waals surface area contributed by atoms with Gasteiger partial charge in [-0.1, -0.05) is 141 Å².